The molecule has 0 saturated heterocycles. The Kier molecular flexibility index (Phi) is 5.16. The van der Waals surface area contributed by atoms with Crippen molar-refractivity contribution in [2.24, 2.45) is 5.92 Å². The van der Waals surface area contributed by atoms with Crippen LogP contribution in [0.3, 0.4) is 0 Å². The molecule has 0 fully saturated rings. The van der Waals surface area contributed by atoms with E-state index in [2.05, 4.69) is 42.8 Å². The second kappa shape index (κ2) is 5.04. The number of halogens is 1. The second-order valence-corrected chi connectivity index (χ2v) is 3.45. The molecule has 0 aliphatic heterocycles. The summed E-state index contributed by atoms with van der Waals surface area (Å²) in [6.07, 6.45) is 3.45. The van der Waals surface area contributed by atoms with E-state index in [0.717, 1.165) is 11.2 Å². The van der Waals surface area contributed by atoms with Crippen molar-refractivity contribution >= 4 is 15.9 Å². The molecule has 9 heavy (non-hydrogen) atoms. The van der Waals surface area contributed by atoms with E-state index in [1.807, 2.05) is 0 Å². The maximum absolute atomic E-state index is 3.36. The first-order valence-corrected chi connectivity index (χ1v) is 4.50. The minimum Gasteiger partial charge on any atom is -0.0883 e. The van der Waals surface area contributed by atoms with Crippen LogP contribution in [-0.4, -0.2) is 5.33 Å². The van der Waals surface area contributed by atoms with Gasteiger partial charge in [0.25, 0.3) is 0 Å². The molecule has 0 heterocycles. The third-order valence-corrected chi connectivity index (χ3v) is 1.48. The first-order valence-electron chi connectivity index (χ1n) is 3.38. The SMILES string of the molecule is CC(=CCBr)CC(C)C. The van der Waals surface area contributed by atoms with Crippen molar-refractivity contribution in [3.63, 3.8) is 0 Å². The smallest absolute Gasteiger partial charge is 0.0214 e. The van der Waals surface area contributed by atoms with Crippen LogP contribution < -0.4 is 0 Å². The molecular formula is C8H15Br. The zero-order chi connectivity index (χ0) is 7.28. The topological polar surface area (TPSA) is 0 Å². The van der Waals surface area contributed by atoms with Crippen LogP contribution in [0.2, 0.25) is 0 Å². The Bertz CT molecular complexity index is 92.7. The largest absolute Gasteiger partial charge is 0.0883 e. The van der Waals surface area contributed by atoms with Crippen molar-refractivity contribution in [3.05, 3.63) is 11.6 Å². The van der Waals surface area contributed by atoms with Gasteiger partial charge in [0.1, 0.15) is 0 Å². The van der Waals surface area contributed by atoms with Gasteiger partial charge in [0.2, 0.25) is 0 Å². The summed E-state index contributed by atoms with van der Waals surface area (Å²) in [4.78, 5) is 0. The van der Waals surface area contributed by atoms with Gasteiger partial charge in [-0.05, 0) is 19.3 Å². The van der Waals surface area contributed by atoms with E-state index in [1.54, 1.807) is 0 Å². The van der Waals surface area contributed by atoms with Crippen molar-refractivity contribution in [1.29, 1.82) is 0 Å². The van der Waals surface area contributed by atoms with Crippen LogP contribution >= 0.6 is 15.9 Å². The quantitative estimate of drug-likeness (QED) is 0.473. The fourth-order valence-electron chi connectivity index (χ4n) is 0.859. The lowest BCUT2D eigenvalue weighted by Gasteiger charge is -2.02. The Morgan fingerprint density at radius 2 is 2.11 bits per heavy atom. The highest BCUT2D eigenvalue weighted by atomic mass is 79.9. The highest BCUT2D eigenvalue weighted by molar-refractivity contribution is 9.09. The molecule has 0 atom stereocenters. The lowest BCUT2D eigenvalue weighted by Crippen LogP contribution is -1.87. The maximum Gasteiger partial charge on any atom is 0.0214 e. The third-order valence-electron chi connectivity index (χ3n) is 1.16. The molecule has 0 aliphatic rings. The number of hydrogen-bond donors (Lipinski definition) is 0. The van der Waals surface area contributed by atoms with E-state index in [0.29, 0.717) is 0 Å². The van der Waals surface area contributed by atoms with E-state index in [1.165, 1.54) is 12.0 Å². The average Bonchev–Trinajstić information content (AvgIpc) is 1.63. The normalized spacial score (nSPS) is 12.8. The van der Waals surface area contributed by atoms with Crippen LogP contribution in [0, 0.1) is 5.92 Å². The summed E-state index contributed by atoms with van der Waals surface area (Å²) in [5, 5.41) is 0.992. The molecule has 0 unspecified atom stereocenters. The molecule has 0 rings (SSSR count). The predicted molar refractivity (Wildman–Crippen MR) is 47.0 cm³/mol. The molecule has 0 nitrogen and oxygen atoms in total. The lowest BCUT2D eigenvalue weighted by atomic mass is 10.0. The maximum atomic E-state index is 3.36. The molecule has 0 aliphatic carbocycles. The minimum atomic E-state index is 0.792. The van der Waals surface area contributed by atoms with E-state index in [-0.39, 0.29) is 0 Å². The summed E-state index contributed by atoms with van der Waals surface area (Å²) in [7, 11) is 0. The highest BCUT2D eigenvalue weighted by Gasteiger charge is 1.93. The Morgan fingerprint density at radius 1 is 1.56 bits per heavy atom. The molecule has 0 aromatic carbocycles. The fraction of sp³-hybridized carbons (Fsp3) is 0.750. The van der Waals surface area contributed by atoms with Crippen molar-refractivity contribution in [3.8, 4) is 0 Å². The molecule has 0 radical (unpaired) electrons. The van der Waals surface area contributed by atoms with Crippen molar-refractivity contribution in [1.82, 2.24) is 0 Å². The van der Waals surface area contributed by atoms with E-state index < -0.39 is 0 Å². The first-order chi connectivity index (χ1) is 4.16. The summed E-state index contributed by atoms with van der Waals surface area (Å²) in [6.45, 7) is 6.67. The van der Waals surface area contributed by atoms with Crippen LogP contribution in [0.15, 0.2) is 11.6 Å². The number of hydrogen-bond acceptors (Lipinski definition) is 0. The summed E-state index contributed by atoms with van der Waals surface area (Å²) in [5.74, 6) is 0.792. The van der Waals surface area contributed by atoms with Gasteiger partial charge in [-0.2, -0.15) is 0 Å². The molecule has 0 amide bonds. The van der Waals surface area contributed by atoms with Crippen LogP contribution in [0.5, 0.6) is 0 Å². The van der Waals surface area contributed by atoms with Crippen LogP contribution in [0.1, 0.15) is 27.2 Å². The zero-order valence-electron chi connectivity index (χ0n) is 6.45. The molecule has 0 saturated carbocycles. The minimum absolute atomic E-state index is 0.792. The van der Waals surface area contributed by atoms with Gasteiger partial charge in [-0.3, -0.25) is 0 Å². The Morgan fingerprint density at radius 3 is 2.44 bits per heavy atom. The van der Waals surface area contributed by atoms with Crippen LogP contribution in [0.25, 0.3) is 0 Å². The van der Waals surface area contributed by atoms with E-state index in [9.17, 15) is 0 Å². The molecule has 0 aromatic rings. The molecular weight excluding hydrogens is 176 g/mol. The molecule has 0 aromatic heterocycles. The Balaban J connectivity index is 3.49. The molecule has 54 valence electrons. The van der Waals surface area contributed by atoms with Crippen molar-refractivity contribution in [2.45, 2.75) is 27.2 Å². The first kappa shape index (κ1) is 9.22. The van der Waals surface area contributed by atoms with Gasteiger partial charge in [0, 0.05) is 5.33 Å². The molecule has 1 heteroatoms. The summed E-state index contributed by atoms with van der Waals surface area (Å²) < 4.78 is 0. The number of rotatable bonds is 3. The second-order valence-electron chi connectivity index (χ2n) is 2.80. The van der Waals surface area contributed by atoms with E-state index >= 15 is 0 Å². The van der Waals surface area contributed by atoms with Crippen LogP contribution in [0.4, 0.5) is 0 Å². The van der Waals surface area contributed by atoms with Gasteiger partial charge in [-0.1, -0.05) is 41.4 Å². The molecule has 0 N–H and O–H groups in total. The molecule has 0 spiro atoms. The van der Waals surface area contributed by atoms with Gasteiger partial charge in [-0.25, -0.2) is 0 Å². The third kappa shape index (κ3) is 6.10. The van der Waals surface area contributed by atoms with Crippen molar-refractivity contribution in [2.75, 3.05) is 5.33 Å². The fourth-order valence-corrected chi connectivity index (χ4v) is 1.41. The van der Waals surface area contributed by atoms with Crippen molar-refractivity contribution < 1.29 is 0 Å². The lowest BCUT2D eigenvalue weighted by molar-refractivity contribution is 0.642. The van der Waals surface area contributed by atoms with Gasteiger partial charge in [0.05, 0.1) is 0 Å². The zero-order valence-corrected chi connectivity index (χ0v) is 8.03. The Labute approximate surface area is 66.5 Å². The summed E-state index contributed by atoms with van der Waals surface area (Å²) >= 11 is 3.36. The monoisotopic (exact) mass is 190 g/mol. The summed E-state index contributed by atoms with van der Waals surface area (Å²) in [6, 6.07) is 0. The number of allylic oxidation sites excluding steroid dienone is 2. The van der Waals surface area contributed by atoms with Gasteiger partial charge in [0.15, 0.2) is 0 Å². The van der Waals surface area contributed by atoms with Gasteiger partial charge in [-0.15, -0.1) is 0 Å². The van der Waals surface area contributed by atoms with Crippen LogP contribution in [-0.2, 0) is 0 Å². The number of alkyl halides is 1. The standard InChI is InChI=1S/C8H15Br/c1-7(2)6-8(3)4-5-9/h4,7H,5-6H2,1-3H3. The Hall–Kier alpha value is 0.220. The van der Waals surface area contributed by atoms with Gasteiger partial charge < -0.3 is 0 Å². The molecule has 0 bridgehead atoms. The van der Waals surface area contributed by atoms with E-state index in [4.69, 9.17) is 0 Å². The highest BCUT2D eigenvalue weighted by Crippen LogP contribution is 2.09. The average molecular weight is 191 g/mol. The van der Waals surface area contributed by atoms with Gasteiger partial charge >= 0.3 is 0 Å². The predicted octanol–water partition coefficient (Wildman–Crippen LogP) is 3.37. The summed E-state index contributed by atoms with van der Waals surface area (Å²) in [5.41, 5.74) is 1.49.